The largest absolute Gasteiger partial charge is 0.481 e. The highest BCUT2D eigenvalue weighted by molar-refractivity contribution is 9.10. The molecule has 1 aromatic rings. The zero-order valence-electron chi connectivity index (χ0n) is 12.1. The molecule has 1 rings (SSSR count). The molecule has 1 aromatic carbocycles. The number of carboxylic acid groups (broad SMARTS) is 2. The van der Waals surface area contributed by atoms with Crippen molar-refractivity contribution in [1.29, 1.82) is 0 Å². The summed E-state index contributed by atoms with van der Waals surface area (Å²) >= 11 is 8.90. The molecule has 1 unspecified atom stereocenters. The van der Waals surface area contributed by atoms with E-state index in [0.29, 0.717) is 0 Å². The molecule has 0 aliphatic heterocycles. The van der Waals surface area contributed by atoms with Gasteiger partial charge in [0.1, 0.15) is 0 Å². The monoisotopic (exact) mass is 409 g/mol. The Labute approximate surface area is 144 Å². The predicted octanol–water partition coefficient (Wildman–Crippen LogP) is 3.34. The Morgan fingerprint density at radius 3 is 2.48 bits per heavy atom. The van der Waals surface area contributed by atoms with Crippen LogP contribution in [0.5, 0.6) is 5.75 Å². The van der Waals surface area contributed by atoms with E-state index in [1.54, 1.807) is 0 Å². The van der Waals surface area contributed by atoms with Crippen molar-refractivity contribution in [3.05, 3.63) is 31.7 Å². The molecular formula is C13H13BrClNO7. The van der Waals surface area contributed by atoms with Gasteiger partial charge in [-0.15, -0.1) is 0 Å². The highest BCUT2D eigenvalue weighted by atomic mass is 79.9. The SMILES string of the molecule is CC(CC(=O)O)[C@](C)(Oc1cc(Cl)c(Br)cc1[N+](=O)[O-])C(=O)O. The molecule has 126 valence electrons. The summed E-state index contributed by atoms with van der Waals surface area (Å²) in [5, 5.41) is 29.4. The number of rotatable bonds is 7. The van der Waals surface area contributed by atoms with Crippen LogP contribution in [0.3, 0.4) is 0 Å². The third kappa shape index (κ3) is 4.32. The van der Waals surface area contributed by atoms with Crippen molar-refractivity contribution in [2.24, 2.45) is 5.92 Å². The molecule has 0 aliphatic carbocycles. The summed E-state index contributed by atoms with van der Waals surface area (Å²) in [7, 11) is 0. The van der Waals surface area contributed by atoms with E-state index in [2.05, 4.69) is 15.9 Å². The molecule has 0 saturated carbocycles. The van der Waals surface area contributed by atoms with Crippen LogP contribution in [0.1, 0.15) is 20.3 Å². The van der Waals surface area contributed by atoms with Gasteiger partial charge in [-0.25, -0.2) is 4.79 Å². The second-order valence-corrected chi connectivity index (χ2v) is 6.27. The molecule has 0 heterocycles. The van der Waals surface area contributed by atoms with Crippen molar-refractivity contribution < 1.29 is 29.5 Å². The molecular weight excluding hydrogens is 398 g/mol. The fraction of sp³-hybridized carbons (Fsp3) is 0.385. The van der Waals surface area contributed by atoms with Crippen LogP contribution in [-0.2, 0) is 9.59 Å². The van der Waals surface area contributed by atoms with E-state index >= 15 is 0 Å². The molecule has 0 aromatic heterocycles. The van der Waals surface area contributed by atoms with Crippen molar-refractivity contribution in [1.82, 2.24) is 0 Å². The van der Waals surface area contributed by atoms with Gasteiger partial charge in [0, 0.05) is 22.5 Å². The molecule has 2 atom stereocenters. The lowest BCUT2D eigenvalue weighted by Crippen LogP contribution is -2.48. The number of aliphatic carboxylic acids is 2. The van der Waals surface area contributed by atoms with Crippen LogP contribution in [0.25, 0.3) is 0 Å². The maximum Gasteiger partial charge on any atom is 0.348 e. The van der Waals surface area contributed by atoms with Crippen LogP contribution in [0.15, 0.2) is 16.6 Å². The lowest BCUT2D eigenvalue weighted by molar-refractivity contribution is -0.386. The third-order valence-electron chi connectivity index (χ3n) is 3.37. The number of nitro groups is 1. The van der Waals surface area contributed by atoms with Gasteiger partial charge in [-0.05, 0) is 22.9 Å². The molecule has 8 nitrogen and oxygen atoms in total. The van der Waals surface area contributed by atoms with Gasteiger partial charge in [-0.1, -0.05) is 18.5 Å². The van der Waals surface area contributed by atoms with Gasteiger partial charge in [-0.3, -0.25) is 14.9 Å². The van der Waals surface area contributed by atoms with Crippen LogP contribution in [0.2, 0.25) is 5.02 Å². The Kier molecular flexibility index (Phi) is 5.95. The maximum atomic E-state index is 11.6. The molecule has 0 saturated heterocycles. The van der Waals surface area contributed by atoms with Gasteiger partial charge >= 0.3 is 17.6 Å². The first kappa shape index (κ1) is 19.2. The number of hydrogen-bond donors (Lipinski definition) is 2. The van der Waals surface area contributed by atoms with Crippen molar-refractivity contribution in [2.45, 2.75) is 25.9 Å². The van der Waals surface area contributed by atoms with E-state index < -0.39 is 40.5 Å². The number of carboxylic acids is 2. The summed E-state index contributed by atoms with van der Waals surface area (Å²) < 4.78 is 5.59. The van der Waals surface area contributed by atoms with Crippen LogP contribution in [-0.4, -0.2) is 32.7 Å². The van der Waals surface area contributed by atoms with Gasteiger partial charge in [0.15, 0.2) is 5.75 Å². The zero-order valence-corrected chi connectivity index (χ0v) is 14.4. The maximum absolute atomic E-state index is 11.6. The highest BCUT2D eigenvalue weighted by Crippen LogP contribution is 2.39. The minimum absolute atomic E-state index is 0.0872. The Bertz CT molecular complexity index is 666. The summed E-state index contributed by atoms with van der Waals surface area (Å²) in [6, 6.07) is 2.19. The van der Waals surface area contributed by atoms with Gasteiger partial charge < -0.3 is 14.9 Å². The average Bonchev–Trinajstić information content (AvgIpc) is 2.41. The molecule has 0 spiro atoms. The molecule has 0 aliphatic rings. The average molecular weight is 411 g/mol. The summed E-state index contributed by atoms with van der Waals surface area (Å²) in [6.45, 7) is 2.52. The number of carbonyl (C=O) groups is 2. The second-order valence-electron chi connectivity index (χ2n) is 5.00. The van der Waals surface area contributed by atoms with Crippen molar-refractivity contribution in [2.75, 3.05) is 0 Å². The van der Waals surface area contributed by atoms with Crippen molar-refractivity contribution in [3.63, 3.8) is 0 Å². The molecule has 10 heteroatoms. The topological polar surface area (TPSA) is 127 Å². The lowest BCUT2D eigenvalue weighted by atomic mass is 9.87. The smallest absolute Gasteiger partial charge is 0.348 e. The summed E-state index contributed by atoms with van der Waals surface area (Å²) in [5.41, 5.74) is -2.48. The minimum Gasteiger partial charge on any atom is -0.481 e. The fourth-order valence-electron chi connectivity index (χ4n) is 1.78. The summed E-state index contributed by atoms with van der Waals surface area (Å²) in [5.74, 6) is -3.97. The Hall–Kier alpha value is -1.87. The molecule has 2 N–H and O–H groups in total. The first-order valence-corrected chi connectivity index (χ1v) is 7.43. The van der Waals surface area contributed by atoms with E-state index in [1.807, 2.05) is 0 Å². The number of benzene rings is 1. The standard InChI is InChI=1S/C13H13BrClNO7/c1-6(3-11(17)18)13(2,12(19)20)23-10-5-8(15)7(14)4-9(10)16(21)22/h4-6H,3H2,1-2H3,(H,17,18)(H,19,20)/t6?,13-/m0/s1. The minimum atomic E-state index is -1.99. The second kappa shape index (κ2) is 7.14. The van der Waals surface area contributed by atoms with E-state index in [9.17, 15) is 24.8 Å². The van der Waals surface area contributed by atoms with Gasteiger partial charge in [0.05, 0.1) is 16.4 Å². The van der Waals surface area contributed by atoms with Crippen LogP contribution in [0, 0.1) is 16.0 Å². The van der Waals surface area contributed by atoms with E-state index in [1.165, 1.54) is 6.92 Å². The van der Waals surface area contributed by atoms with Gasteiger partial charge in [0.2, 0.25) is 5.60 Å². The highest BCUT2D eigenvalue weighted by Gasteiger charge is 2.44. The van der Waals surface area contributed by atoms with E-state index in [4.69, 9.17) is 21.4 Å². The summed E-state index contributed by atoms with van der Waals surface area (Å²) in [4.78, 5) is 32.7. The first-order chi connectivity index (χ1) is 10.5. The van der Waals surface area contributed by atoms with Gasteiger partial charge in [0.25, 0.3) is 0 Å². The lowest BCUT2D eigenvalue weighted by Gasteiger charge is -2.31. The van der Waals surface area contributed by atoms with Crippen molar-refractivity contribution in [3.8, 4) is 5.75 Å². The van der Waals surface area contributed by atoms with Gasteiger partial charge in [-0.2, -0.15) is 0 Å². The number of nitrogens with zero attached hydrogens (tertiary/aromatic N) is 1. The molecule has 23 heavy (non-hydrogen) atoms. The number of halogens is 2. The quantitative estimate of drug-likeness (QED) is 0.521. The normalized spacial score (nSPS) is 14.6. The Morgan fingerprint density at radius 2 is 2.04 bits per heavy atom. The van der Waals surface area contributed by atoms with E-state index in [0.717, 1.165) is 19.1 Å². The number of nitro benzene ring substituents is 1. The van der Waals surface area contributed by atoms with Crippen LogP contribution < -0.4 is 4.74 Å². The Balaban J connectivity index is 3.34. The molecule has 0 bridgehead atoms. The number of ether oxygens (including phenoxy) is 1. The molecule has 0 amide bonds. The Morgan fingerprint density at radius 1 is 1.48 bits per heavy atom. The first-order valence-electron chi connectivity index (χ1n) is 6.26. The third-order valence-corrected chi connectivity index (χ3v) is 4.56. The fourth-order valence-corrected chi connectivity index (χ4v) is 2.27. The molecule has 0 fully saturated rings. The van der Waals surface area contributed by atoms with Crippen LogP contribution in [0.4, 0.5) is 5.69 Å². The van der Waals surface area contributed by atoms with Crippen molar-refractivity contribution >= 4 is 45.2 Å². The molecule has 0 radical (unpaired) electrons. The zero-order chi connectivity index (χ0) is 17.9. The van der Waals surface area contributed by atoms with Crippen LogP contribution >= 0.6 is 27.5 Å². The summed E-state index contributed by atoms with van der Waals surface area (Å²) in [6.07, 6.45) is -0.485. The predicted molar refractivity (Wildman–Crippen MR) is 83.9 cm³/mol. The van der Waals surface area contributed by atoms with E-state index in [-0.39, 0.29) is 15.2 Å². The number of hydrogen-bond acceptors (Lipinski definition) is 5.